The first-order valence-electron chi connectivity index (χ1n) is 5.91. The van der Waals surface area contributed by atoms with Crippen LogP contribution in [0.4, 0.5) is 0 Å². The molecule has 1 aliphatic heterocycles. The SMILES string of the molecule is c1cc2ccc(CN3CCNCC3)cc2[nH]1. The molecule has 2 N–H and O–H groups in total. The van der Waals surface area contributed by atoms with Gasteiger partial charge in [0.2, 0.25) is 0 Å². The van der Waals surface area contributed by atoms with Crippen LogP contribution < -0.4 is 5.32 Å². The van der Waals surface area contributed by atoms with Gasteiger partial charge in [0.1, 0.15) is 0 Å². The highest BCUT2D eigenvalue weighted by atomic mass is 15.2. The maximum Gasteiger partial charge on any atom is 0.0457 e. The Morgan fingerprint density at radius 1 is 1.12 bits per heavy atom. The van der Waals surface area contributed by atoms with Crippen LogP contribution in [0.5, 0.6) is 0 Å². The number of rotatable bonds is 2. The summed E-state index contributed by atoms with van der Waals surface area (Å²) in [6, 6.07) is 8.81. The maximum absolute atomic E-state index is 3.38. The molecule has 2 heterocycles. The van der Waals surface area contributed by atoms with E-state index in [-0.39, 0.29) is 0 Å². The molecule has 0 spiro atoms. The topological polar surface area (TPSA) is 31.1 Å². The van der Waals surface area contributed by atoms with Crippen LogP contribution in [0.1, 0.15) is 5.56 Å². The van der Waals surface area contributed by atoms with Crippen molar-refractivity contribution in [1.82, 2.24) is 15.2 Å². The number of piperazine rings is 1. The van der Waals surface area contributed by atoms with Gasteiger partial charge in [-0.25, -0.2) is 0 Å². The molecule has 0 bridgehead atoms. The summed E-state index contributed by atoms with van der Waals surface area (Å²) in [5, 5.41) is 4.67. The summed E-state index contributed by atoms with van der Waals surface area (Å²) < 4.78 is 0. The van der Waals surface area contributed by atoms with Gasteiger partial charge in [-0.05, 0) is 23.1 Å². The Hall–Kier alpha value is -1.32. The van der Waals surface area contributed by atoms with Gasteiger partial charge in [-0.2, -0.15) is 0 Å². The van der Waals surface area contributed by atoms with Crippen molar-refractivity contribution in [2.24, 2.45) is 0 Å². The number of H-pyrrole nitrogens is 1. The Morgan fingerprint density at radius 3 is 2.88 bits per heavy atom. The molecule has 0 unspecified atom stereocenters. The van der Waals surface area contributed by atoms with Crippen molar-refractivity contribution >= 4 is 10.9 Å². The second kappa shape index (κ2) is 4.28. The quantitative estimate of drug-likeness (QED) is 0.797. The normalized spacial score (nSPS) is 18.0. The molecule has 0 aliphatic carbocycles. The van der Waals surface area contributed by atoms with E-state index in [4.69, 9.17) is 0 Å². The molecule has 1 aliphatic rings. The lowest BCUT2D eigenvalue weighted by molar-refractivity contribution is 0.233. The zero-order valence-electron chi connectivity index (χ0n) is 9.37. The Bertz CT molecular complexity index is 469. The summed E-state index contributed by atoms with van der Waals surface area (Å²) in [4.78, 5) is 5.77. The standard InChI is InChI=1S/C13H17N3/c1-2-12-3-4-15-13(12)9-11(1)10-16-7-5-14-6-8-16/h1-4,9,14-15H,5-8,10H2. The summed E-state index contributed by atoms with van der Waals surface area (Å²) in [5.74, 6) is 0. The fourth-order valence-electron chi connectivity index (χ4n) is 2.32. The zero-order chi connectivity index (χ0) is 10.8. The average Bonchev–Trinajstić information content (AvgIpc) is 2.77. The van der Waals surface area contributed by atoms with E-state index in [0.29, 0.717) is 0 Å². The monoisotopic (exact) mass is 215 g/mol. The number of hydrogen-bond donors (Lipinski definition) is 2. The first-order chi connectivity index (χ1) is 7.92. The van der Waals surface area contributed by atoms with Crippen LogP contribution in [-0.2, 0) is 6.54 Å². The van der Waals surface area contributed by atoms with Gasteiger partial charge in [-0.1, -0.05) is 12.1 Å². The van der Waals surface area contributed by atoms with Gasteiger partial charge in [0.05, 0.1) is 0 Å². The van der Waals surface area contributed by atoms with Gasteiger partial charge in [-0.15, -0.1) is 0 Å². The largest absolute Gasteiger partial charge is 0.361 e. The van der Waals surface area contributed by atoms with Crippen LogP contribution in [0.15, 0.2) is 30.5 Å². The van der Waals surface area contributed by atoms with E-state index >= 15 is 0 Å². The molecule has 1 aromatic carbocycles. The Kier molecular flexibility index (Phi) is 2.64. The number of nitrogens with zero attached hydrogens (tertiary/aromatic N) is 1. The lowest BCUT2D eigenvalue weighted by atomic mass is 10.1. The first-order valence-corrected chi connectivity index (χ1v) is 5.91. The van der Waals surface area contributed by atoms with Gasteiger partial charge in [-0.3, -0.25) is 4.90 Å². The minimum Gasteiger partial charge on any atom is -0.361 e. The van der Waals surface area contributed by atoms with Crippen LogP contribution >= 0.6 is 0 Å². The van der Waals surface area contributed by atoms with E-state index in [1.807, 2.05) is 6.20 Å². The molecule has 84 valence electrons. The molecular formula is C13H17N3. The molecular weight excluding hydrogens is 198 g/mol. The molecule has 1 fully saturated rings. The van der Waals surface area contributed by atoms with Gasteiger partial charge in [0.15, 0.2) is 0 Å². The summed E-state index contributed by atoms with van der Waals surface area (Å²) in [6.07, 6.45) is 2.00. The second-order valence-corrected chi connectivity index (χ2v) is 4.43. The third-order valence-electron chi connectivity index (χ3n) is 3.24. The van der Waals surface area contributed by atoms with Gasteiger partial charge < -0.3 is 10.3 Å². The Balaban J connectivity index is 1.77. The highest BCUT2D eigenvalue weighted by Gasteiger charge is 2.09. The fraction of sp³-hybridized carbons (Fsp3) is 0.385. The van der Waals surface area contributed by atoms with Crippen LogP contribution in [0.2, 0.25) is 0 Å². The summed E-state index contributed by atoms with van der Waals surface area (Å²) >= 11 is 0. The predicted molar refractivity (Wildman–Crippen MR) is 66.4 cm³/mol. The van der Waals surface area contributed by atoms with E-state index in [1.165, 1.54) is 16.5 Å². The lowest BCUT2D eigenvalue weighted by Crippen LogP contribution is -2.42. The van der Waals surface area contributed by atoms with Gasteiger partial charge >= 0.3 is 0 Å². The molecule has 3 heteroatoms. The number of benzene rings is 1. The summed E-state index contributed by atoms with van der Waals surface area (Å²) in [6.45, 7) is 5.61. The van der Waals surface area contributed by atoms with Crippen molar-refractivity contribution in [3.63, 3.8) is 0 Å². The van der Waals surface area contributed by atoms with Crippen molar-refractivity contribution in [3.8, 4) is 0 Å². The highest BCUT2D eigenvalue weighted by Crippen LogP contribution is 2.15. The van der Waals surface area contributed by atoms with E-state index in [2.05, 4.69) is 39.5 Å². The van der Waals surface area contributed by atoms with E-state index in [1.54, 1.807) is 0 Å². The molecule has 2 aromatic rings. The lowest BCUT2D eigenvalue weighted by Gasteiger charge is -2.27. The molecule has 1 aromatic heterocycles. The van der Waals surface area contributed by atoms with Gasteiger partial charge in [0.25, 0.3) is 0 Å². The second-order valence-electron chi connectivity index (χ2n) is 4.43. The Labute approximate surface area is 95.5 Å². The third kappa shape index (κ3) is 1.96. The van der Waals surface area contributed by atoms with Crippen molar-refractivity contribution in [3.05, 3.63) is 36.0 Å². The number of fused-ring (bicyclic) bond motifs is 1. The minimum atomic E-state index is 1.07. The van der Waals surface area contributed by atoms with Crippen molar-refractivity contribution in [2.75, 3.05) is 26.2 Å². The number of aromatic nitrogens is 1. The van der Waals surface area contributed by atoms with Crippen LogP contribution in [0, 0.1) is 0 Å². The molecule has 0 amide bonds. The fourth-order valence-corrected chi connectivity index (χ4v) is 2.32. The van der Waals surface area contributed by atoms with Crippen molar-refractivity contribution in [1.29, 1.82) is 0 Å². The molecule has 0 radical (unpaired) electrons. The third-order valence-corrected chi connectivity index (χ3v) is 3.24. The molecule has 16 heavy (non-hydrogen) atoms. The minimum absolute atomic E-state index is 1.07. The molecule has 3 rings (SSSR count). The van der Waals surface area contributed by atoms with Crippen molar-refractivity contribution < 1.29 is 0 Å². The molecule has 0 saturated carbocycles. The van der Waals surface area contributed by atoms with E-state index < -0.39 is 0 Å². The molecule has 0 atom stereocenters. The summed E-state index contributed by atoms with van der Waals surface area (Å²) in [5.41, 5.74) is 2.64. The first kappa shape index (κ1) is 9.87. The highest BCUT2D eigenvalue weighted by molar-refractivity contribution is 5.79. The zero-order valence-corrected chi connectivity index (χ0v) is 9.37. The van der Waals surface area contributed by atoms with Crippen LogP contribution in [-0.4, -0.2) is 36.1 Å². The van der Waals surface area contributed by atoms with Crippen LogP contribution in [0.3, 0.4) is 0 Å². The maximum atomic E-state index is 3.38. The number of hydrogen-bond acceptors (Lipinski definition) is 2. The molecule has 3 nitrogen and oxygen atoms in total. The summed E-state index contributed by atoms with van der Waals surface area (Å²) in [7, 11) is 0. The van der Waals surface area contributed by atoms with Crippen LogP contribution in [0.25, 0.3) is 10.9 Å². The van der Waals surface area contributed by atoms with Crippen molar-refractivity contribution in [2.45, 2.75) is 6.54 Å². The predicted octanol–water partition coefficient (Wildman–Crippen LogP) is 1.57. The number of nitrogens with one attached hydrogen (secondary N) is 2. The van der Waals surface area contributed by atoms with Gasteiger partial charge in [0, 0.05) is 44.4 Å². The smallest absolute Gasteiger partial charge is 0.0457 e. The van der Waals surface area contributed by atoms with E-state index in [9.17, 15) is 0 Å². The Morgan fingerprint density at radius 2 is 2.00 bits per heavy atom. The average molecular weight is 215 g/mol. The number of aromatic amines is 1. The van der Waals surface area contributed by atoms with E-state index in [0.717, 1.165) is 32.7 Å². The molecule has 1 saturated heterocycles.